The molecule has 1 fully saturated rings. The molecule has 0 N–H and O–H groups in total. The van der Waals surface area contributed by atoms with Crippen molar-refractivity contribution in [1.82, 2.24) is 4.57 Å². The number of para-hydroxylation sites is 1. The third-order valence-corrected chi connectivity index (χ3v) is 4.60. The molecule has 1 aromatic carbocycles. The van der Waals surface area contributed by atoms with Crippen molar-refractivity contribution in [2.24, 2.45) is 10.9 Å². The number of aryl methyl sites for hydroxylation is 1. The Morgan fingerprint density at radius 2 is 1.92 bits per heavy atom. The molecule has 5 heteroatoms. The predicted molar refractivity (Wildman–Crippen MR) is 102 cm³/mol. The minimum atomic E-state index is -0.360. The number of aromatic nitrogens is 1. The molecule has 1 aromatic heterocycles. The molecule has 1 amide bonds. The highest BCUT2D eigenvalue weighted by molar-refractivity contribution is 6.01. The van der Waals surface area contributed by atoms with Gasteiger partial charge in [-0.15, -0.1) is 0 Å². The van der Waals surface area contributed by atoms with Crippen LogP contribution in [0.5, 0.6) is 0 Å². The molecule has 1 aliphatic rings. The zero-order valence-corrected chi connectivity index (χ0v) is 15.6. The lowest BCUT2D eigenvalue weighted by molar-refractivity contribution is -0.117. The smallest absolute Gasteiger partial charge is 0.237 e. The number of carbonyl (C=O) groups excluding carboxylic acids is 2. The second kappa shape index (κ2) is 7.68. The molecule has 1 aliphatic heterocycles. The van der Waals surface area contributed by atoms with Gasteiger partial charge in [0.05, 0.1) is 5.92 Å². The average molecular weight is 351 g/mol. The van der Waals surface area contributed by atoms with Crippen LogP contribution in [0.1, 0.15) is 37.6 Å². The molecular formula is C21H25N3O2. The van der Waals surface area contributed by atoms with E-state index < -0.39 is 0 Å². The number of amides is 1. The fourth-order valence-corrected chi connectivity index (χ4v) is 3.37. The van der Waals surface area contributed by atoms with Crippen LogP contribution < -0.4 is 10.4 Å². The van der Waals surface area contributed by atoms with E-state index in [2.05, 4.69) is 11.9 Å². The minimum Gasteiger partial charge on any atom is -0.311 e. The van der Waals surface area contributed by atoms with Gasteiger partial charge in [0.15, 0.2) is 0 Å². The summed E-state index contributed by atoms with van der Waals surface area (Å²) in [6.45, 7) is 6.44. The van der Waals surface area contributed by atoms with Gasteiger partial charge in [0.2, 0.25) is 11.8 Å². The fraction of sp³-hybridized carbons (Fsp3) is 0.381. The van der Waals surface area contributed by atoms with E-state index in [1.165, 1.54) is 0 Å². The zero-order valence-electron chi connectivity index (χ0n) is 15.6. The Labute approximate surface area is 154 Å². The van der Waals surface area contributed by atoms with Gasteiger partial charge in [0.25, 0.3) is 0 Å². The van der Waals surface area contributed by atoms with Crippen molar-refractivity contribution in [1.29, 1.82) is 0 Å². The van der Waals surface area contributed by atoms with Crippen LogP contribution in [0.15, 0.2) is 53.7 Å². The Bertz CT molecular complexity index is 883. The van der Waals surface area contributed by atoms with Gasteiger partial charge in [-0.2, -0.15) is 0 Å². The minimum absolute atomic E-state index is 0.00290. The van der Waals surface area contributed by atoms with E-state index in [0.717, 1.165) is 17.7 Å². The van der Waals surface area contributed by atoms with Crippen molar-refractivity contribution in [2.75, 3.05) is 11.4 Å². The quantitative estimate of drug-likeness (QED) is 0.850. The summed E-state index contributed by atoms with van der Waals surface area (Å²) < 4.78 is 1.58. The largest absolute Gasteiger partial charge is 0.311 e. The van der Waals surface area contributed by atoms with Gasteiger partial charge < -0.3 is 4.90 Å². The lowest BCUT2D eigenvalue weighted by Crippen LogP contribution is -2.34. The fourth-order valence-electron chi connectivity index (χ4n) is 3.37. The molecule has 26 heavy (non-hydrogen) atoms. The van der Waals surface area contributed by atoms with Gasteiger partial charge in [0.1, 0.15) is 5.49 Å². The third-order valence-electron chi connectivity index (χ3n) is 4.60. The molecule has 1 saturated heterocycles. The van der Waals surface area contributed by atoms with E-state index >= 15 is 0 Å². The number of carbonyl (C=O) groups is 2. The first-order valence-electron chi connectivity index (χ1n) is 9.15. The summed E-state index contributed by atoms with van der Waals surface area (Å²) in [7, 11) is 0. The van der Waals surface area contributed by atoms with Gasteiger partial charge in [-0.05, 0) is 44.0 Å². The van der Waals surface area contributed by atoms with Crippen LogP contribution in [-0.4, -0.2) is 29.0 Å². The number of rotatable bonds is 4. The molecule has 0 spiro atoms. The molecule has 0 bridgehead atoms. The highest BCUT2D eigenvalue weighted by Crippen LogP contribution is 2.29. The molecule has 0 aliphatic carbocycles. The number of hydrogen-bond acceptors (Lipinski definition) is 3. The predicted octanol–water partition coefficient (Wildman–Crippen LogP) is 3.05. The molecular weight excluding hydrogens is 326 g/mol. The maximum absolute atomic E-state index is 13.1. The van der Waals surface area contributed by atoms with Gasteiger partial charge in [-0.25, -0.2) is 0 Å². The maximum Gasteiger partial charge on any atom is 0.237 e. The third kappa shape index (κ3) is 3.62. The Morgan fingerprint density at radius 1 is 1.19 bits per heavy atom. The Balaban J connectivity index is 1.89. The SMILES string of the molecule is CCc1ccccc1N1CC(C(=O)n2ccccc2=NC(C)C)CC1=O. The Morgan fingerprint density at radius 3 is 2.65 bits per heavy atom. The molecule has 1 atom stereocenters. The number of hydrogen-bond donors (Lipinski definition) is 0. The van der Waals surface area contributed by atoms with Crippen LogP contribution in [0.25, 0.3) is 0 Å². The highest BCUT2D eigenvalue weighted by Gasteiger charge is 2.36. The molecule has 136 valence electrons. The average Bonchev–Trinajstić information content (AvgIpc) is 3.02. The molecule has 0 radical (unpaired) electrons. The summed E-state index contributed by atoms with van der Waals surface area (Å²) in [6.07, 6.45) is 2.82. The van der Waals surface area contributed by atoms with E-state index in [9.17, 15) is 9.59 Å². The summed E-state index contributed by atoms with van der Waals surface area (Å²) in [4.78, 5) is 31.9. The lowest BCUT2D eigenvalue weighted by Gasteiger charge is -2.20. The van der Waals surface area contributed by atoms with Crippen molar-refractivity contribution in [3.63, 3.8) is 0 Å². The van der Waals surface area contributed by atoms with Crippen molar-refractivity contribution in [2.45, 2.75) is 39.7 Å². The molecule has 3 rings (SSSR count). The van der Waals surface area contributed by atoms with Crippen LogP contribution in [0.2, 0.25) is 0 Å². The first-order valence-corrected chi connectivity index (χ1v) is 9.15. The molecule has 5 nitrogen and oxygen atoms in total. The van der Waals surface area contributed by atoms with Crippen molar-refractivity contribution >= 4 is 17.5 Å². The van der Waals surface area contributed by atoms with E-state index in [1.54, 1.807) is 15.7 Å². The molecule has 1 unspecified atom stereocenters. The summed E-state index contributed by atoms with van der Waals surface area (Å²) in [5.74, 6) is -0.432. The number of anilines is 1. The van der Waals surface area contributed by atoms with Gasteiger partial charge in [-0.3, -0.25) is 19.1 Å². The monoisotopic (exact) mass is 351 g/mol. The summed E-state index contributed by atoms with van der Waals surface area (Å²) in [5, 5.41) is 0. The summed E-state index contributed by atoms with van der Waals surface area (Å²) in [6, 6.07) is 13.5. The highest BCUT2D eigenvalue weighted by atomic mass is 16.2. The van der Waals surface area contributed by atoms with E-state index in [-0.39, 0.29) is 30.2 Å². The summed E-state index contributed by atoms with van der Waals surface area (Å²) >= 11 is 0. The number of benzene rings is 1. The normalized spacial score (nSPS) is 18.0. The zero-order chi connectivity index (χ0) is 18.7. The first kappa shape index (κ1) is 18.1. The van der Waals surface area contributed by atoms with E-state index in [4.69, 9.17) is 0 Å². The summed E-state index contributed by atoms with van der Waals surface area (Å²) in [5.41, 5.74) is 2.67. The molecule has 2 heterocycles. The van der Waals surface area contributed by atoms with Crippen LogP contribution in [0.3, 0.4) is 0 Å². The first-order chi connectivity index (χ1) is 12.5. The van der Waals surface area contributed by atoms with Crippen LogP contribution in [0.4, 0.5) is 5.69 Å². The van der Waals surface area contributed by atoms with Crippen LogP contribution in [-0.2, 0) is 11.2 Å². The van der Waals surface area contributed by atoms with Gasteiger partial charge >= 0.3 is 0 Å². The van der Waals surface area contributed by atoms with Crippen molar-refractivity contribution in [3.8, 4) is 0 Å². The van der Waals surface area contributed by atoms with Crippen molar-refractivity contribution in [3.05, 3.63) is 59.7 Å². The Hall–Kier alpha value is -2.69. The van der Waals surface area contributed by atoms with Gasteiger partial charge in [-0.1, -0.05) is 31.2 Å². The second-order valence-electron chi connectivity index (χ2n) is 6.88. The van der Waals surface area contributed by atoms with Crippen LogP contribution >= 0.6 is 0 Å². The number of nitrogens with zero attached hydrogens (tertiary/aromatic N) is 3. The maximum atomic E-state index is 13.1. The Kier molecular flexibility index (Phi) is 5.35. The van der Waals surface area contributed by atoms with E-state index in [1.807, 2.05) is 56.3 Å². The molecule has 2 aromatic rings. The van der Waals surface area contributed by atoms with Crippen molar-refractivity contribution < 1.29 is 9.59 Å². The second-order valence-corrected chi connectivity index (χ2v) is 6.88. The van der Waals surface area contributed by atoms with Gasteiger partial charge in [0, 0.05) is 30.9 Å². The standard InChI is InChI=1S/C21H25N3O2/c1-4-16-9-5-6-10-18(16)24-14-17(13-20(24)25)21(26)23-12-8-7-11-19(23)22-15(2)3/h5-12,15,17H,4,13-14H2,1-3H3. The topological polar surface area (TPSA) is 54.7 Å². The van der Waals surface area contributed by atoms with E-state index in [0.29, 0.717) is 12.0 Å². The molecule has 0 saturated carbocycles. The van der Waals surface area contributed by atoms with Crippen LogP contribution in [0, 0.1) is 5.92 Å². The lowest BCUT2D eigenvalue weighted by atomic mass is 10.1. The number of pyridine rings is 1.